The highest BCUT2D eigenvalue weighted by Crippen LogP contribution is 2.31. The number of benzene rings is 1. The number of piperazine rings is 1. The molecule has 5 nitrogen and oxygen atoms in total. The van der Waals surface area contributed by atoms with E-state index < -0.39 is 5.60 Å². The molecule has 0 saturated carbocycles. The largest absolute Gasteiger partial charge is 0.392 e. The van der Waals surface area contributed by atoms with E-state index in [1.54, 1.807) is 0 Å². The number of fused-ring (bicyclic) bond motifs is 1. The van der Waals surface area contributed by atoms with Crippen LogP contribution >= 0.6 is 0 Å². The van der Waals surface area contributed by atoms with Crippen molar-refractivity contribution in [3.8, 4) is 0 Å². The zero-order valence-corrected chi connectivity index (χ0v) is 16.1. The highest BCUT2D eigenvalue weighted by molar-refractivity contribution is 5.53. The molecule has 3 heterocycles. The molecule has 0 unspecified atom stereocenters. The van der Waals surface area contributed by atoms with Crippen LogP contribution in [0.3, 0.4) is 0 Å². The lowest BCUT2D eigenvalue weighted by Crippen LogP contribution is -2.60. The number of rotatable bonds is 3. The Bertz CT molecular complexity index is 629. The Morgan fingerprint density at radius 2 is 1.85 bits per heavy atom. The van der Waals surface area contributed by atoms with Crippen molar-refractivity contribution in [2.75, 3.05) is 44.2 Å². The summed E-state index contributed by atoms with van der Waals surface area (Å²) in [6, 6.07) is 9.42. The number of hydrogen-bond donors (Lipinski definition) is 2. The van der Waals surface area contributed by atoms with Crippen LogP contribution in [0.2, 0.25) is 0 Å². The van der Waals surface area contributed by atoms with E-state index >= 15 is 0 Å². The topological polar surface area (TPSA) is 50.2 Å². The van der Waals surface area contributed by atoms with Gasteiger partial charge in [0.1, 0.15) is 0 Å². The van der Waals surface area contributed by atoms with Crippen LogP contribution < -0.4 is 4.90 Å². The Morgan fingerprint density at radius 1 is 1.12 bits per heavy atom. The monoisotopic (exact) mass is 359 g/mol. The predicted molar refractivity (Wildman–Crippen MR) is 105 cm³/mol. The fourth-order valence-electron chi connectivity index (χ4n) is 5.12. The minimum absolute atomic E-state index is 0.174. The van der Waals surface area contributed by atoms with Crippen LogP contribution in [0.15, 0.2) is 24.3 Å². The van der Waals surface area contributed by atoms with Gasteiger partial charge in [-0.2, -0.15) is 0 Å². The first-order valence-electron chi connectivity index (χ1n) is 10.1. The molecule has 26 heavy (non-hydrogen) atoms. The molecule has 0 aliphatic carbocycles. The van der Waals surface area contributed by atoms with Crippen molar-refractivity contribution < 1.29 is 10.2 Å². The van der Waals surface area contributed by atoms with Gasteiger partial charge in [0.25, 0.3) is 0 Å². The Kier molecular flexibility index (Phi) is 4.99. The van der Waals surface area contributed by atoms with Gasteiger partial charge in [-0.3, -0.25) is 9.80 Å². The first-order chi connectivity index (χ1) is 12.4. The van der Waals surface area contributed by atoms with Crippen LogP contribution in [0, 0.1) is 6.92 Å². The van der Waals surface area contributed by atoms with Gasteiger partial charge in [0, 0.05) is 57.0 Å². The zero-order valence-electron chi connectivity index (χ0n) is 16.1. The second-order valence-corrected chi connectivity index (χ2v) is 8.77. The summed E-state index contributed by atoms with van der Waals surface area (Å²) in [5.41, 5.74) is 2.02. The number of para-hydroxylation sites is 1. The smallest absolute Gasteiger partial charge is 0.0807 e. The van der Waals surface area contributed by atoms with Crippen molar-refractivity contribution in [1.29, 1.82) is 0 Å². The average molecular weight is 360 g/mol. The van der Waals surface area contributed by atoms with E-state index in [0.717, 1.165) is 58.5 Å². The lowest BCUT2D eigenvalue weighted by atomic mass is 9.89. The van der Waals surface area contributed by atoms with Crippen LogP contribution in [0.5, 0.6) is 0 Å². The lowest BCUT2D eigenvalue weighted by Gasteiger charge is -2.47. The molecule has 144 valence electrons. The first-order valence-corrected chi connectivity index (χ1v) is 10.1. The van der Waals surface area contributed by atoms with E-state index in [4.69, 9.17) is 0 Å². The van der Waals surface area contributed by atoms with Gasteiger partial charge < -0.3 is 15.1 Å². The molecule has 0 spiro atoms. The lowest BCUT2D eigenvalue weighted by molar-refractivity contribution is -0.0472. The van der Waals surface area contributed by atoms with Crippen LogP contribution in [0.4, 0.5) is 5.69 Å². The van der Waals surface area contributed by atoms with Gasteiger partial charge >= 0.3 is 0 Å². The molecule has 1 aromatic rings. The number of β-amino-alcohol motifs (C(OH)–C–C–N with tert-alkyl or cyclic N) is 1. The van der Waals surface area contributed by atoms with E-state index in [0.29, 0.717) is 12.1 Å². The fourth-order valence-corrected chi connectivity index (χ4v) is 5.12. The van der Waals surface area contributed by atoms with Gasteiger partial charge in [-0.25, -0.2) is 0 Å². The molecule has 4 rings (SSSR count). The second-order valence-electron chi connectivity index (χ2n) is 8.77. The molecule has 0 bridgehead atoms. The summed E-state index contributed by atoms with van der Waals surface area (Å²) < 4.78 is 0. The van der Waals surface area contributed by atoms with Crippen molar-refractivity contribution in [2.24, 2.45) is 0 Å². The second kappa shape index (κ2) is 7.12. The van der Waals surface area contributed by atoms with E-state index in [1.807, 2.05) is 0 Å². The molecule has 3 aliphatic rings. The van der Waals surface area contributed by atoms with Crippen molar-refractivity contribution in [2.45, 2.75) is 56.9 Å². The Morgan fingerprint density at radius 3 is 2.58 bits per heavy atom. The van der Waals surface area contributed by atoms with Crippen molar-refractivity contribution >= 4 is 5.69 Å². The van der Waals surface area contributed by atoms with Gasteiger partial charge in [0.05, 0.1) is 11.7 Å². The maximum atomic E-state index is 11.2. The van der Waals surface area contributed by atoms with Crippen LogP contribution in [-0.2, 0) is 0 Å². The number of piperidine rings is 1. The quantitative estimate of drug-likeness (QED) is 0.856. The standard InChI is InChI=1S/C21H33N3O2/c1-16-5-3-4-6-20(16)22-9-7-21(26,8-10-22)15-24-13-18-11-19(25)14-23(18)12-17(24)2/h3-6,17-19,25-26H,7-15H2,1-2H3/t17-,18-,19+/m0/s1. The number of nitrogens with zero attached hydrogens (tertiary/aromatic N) is 3. The number of aliphatic hydroxyl groups is 2. The molecular formula is C21H33N3O2. The number of aryl methyl sites for hydroxylation is 1. The number of anilines is 1. The molecule has 3 fully saturated rings. The summed E-state index contributed by atoms with van der Waals surface area (Å²) in [7, 11) is 0. The van der Waals surface area contributed by atoms with Crippen molar-refractivity contribution in [3.63, 3.8) is 0 Å². The summed E-state index contributed by atoms with van der Waals surface area (Å²) in [5.74, 6) is 0. The predicted octanol–water partition coefficient (Wildman–Crippen LogP) is 1.47. The number of hydrogen-bond acceptors (Lipinski definition) is 5. The molecular weight excluding hydrogens is 326 g/mol. The molecule has 3 aliphatic heterocycles. The summed E-state index contributed by atoms with van der Waals surface area (Å²) >= 11 is 0. The molecule has 0 amide bonds. The summed E-state index contributed by atoms with van der Waals surface area (Å²) in [6.45, 7) is 9.81. The number of aliphatic hydroxyl groups excluding tert-OH is 1. The Hall–Kier alpha value is -1.14. The summed E-state index contributed by atoms with van der Waals surface area (Å²) in [4.78, 5) is 7.30. The summed E-state index contributed by atoms with van der Waals surface area (Å²) in [5, 5.41) is 21.2. The minimum atomic E-state index is -0.590. The molecule has 0 aromatic heterocycles. The SMILES string of the molecule is Cc1ccccc1N1CCC(O)(CN2C[C@@H]3C[C@@H](O)CN3C[C@@H]2C)CC1. The van der Waals surface area contributed by atoms with Gasteiger partial charge in [0.15, 0.2) is 0 Å². The van der Waals surface area contributed by atoms with Gasteiger partial charge in [-0.05, 0) is 44.7 Å². The normalized spacial score (nSPS) is 32.6. The third-order valence-corrected chi connectivity index (χ3v) is 6.72. The maximum Gasteiger partial charge on any atom is 0.0807 e. The van der Waals surface area contributed by atoms with Crippen molar-refractivity contribution in [1.82, 2.24) is 9.80 Å². The average Bonchev–Trinajstić information content (AvgIpc) is 2.95. The highest BCUT2D eigenvalue weighted by Gasteiger charge is 2.42. The third kappa shape index (κ3) is 3.63. The molecule has 5 heteroatoms. The van der Waals surface area contributed by atoms with E-state index in [1.165, 1.54) is 11.3 Å². The Labute approximate surface area is 157 Å². The molecule has 3 saturated heterocycles. The van der Waals surface area contributed by atoms with Gasteiger partial charge in [-0.15, -0.1) is 0 Å². The third-order valence-electron chi connectivity index (χ3n) is 6.72. The van der Waals surface area contributed by atoms with E-state index in [-0.39, 0.29) is 6.10 Å². The molecule has 2 N–H and O–H groups in total. The minimum Gasteiger partial charge on any atom is -0.392 e. The highest BCUT2D eigenvalue weighted by atomic mass is 16.3. The first kappa shape index (κ1) is 18.2. The van der Waals surface area contributed by atoms with Crippen molar-refractivity contribution in [3.05, 3.63) is 29.8 Å². The van der Waals surface area contributed by atoms with Gasteiger partial charge in [0.2, 0.25) is 0 Å². The zero-order chi connectivity index (χ0) is 18.3. The maximum absolute atomic E-state index is 11.2. The van der Waals surface area contributed by atoms with E-state index in [9.17, 15) is 10.2 Å². The van der Waals surface area contributed by atoms with Gasteiger partial charge in [-0.1, -0.05) is 18.2 Å². The van der Waals surface area contributed by atoms with Crippen LogP contribution in [-0.4, -0.2) is 83.1 Å². The van der Waals surface area contributed by atoms with E-state index in [2.05, 4.69) is 52.8 Å². The Balaban J connectivity index is 1.36. The fraction of sp³-hybridized carbons (Fsp3) is 0.714. The molecule has 3 atom stereocenters. The van der Waals surface area contributed by atoms with Crippen LogP contribution in [0.1, 0.15) is 31.7 Å². The molecule has 1 aromatic carbocycles. The van der Waals surface area contributed by atoms with Crippen LogP contribution in [0.25, 0.3) is 0 Å². The molecule has 0 radical (unpaired) electrons. The summed E-state index contributed by atoms with van der Waals surface area (Å²) in [6.07, 6.45) is 2.35.